The maximum Gasteiger partial charge on any atom is 0.222 e. The molecule has 2 amide bonds. The van der Waals surface area contributed by atoms with Crippen molar-refractivity contribution in [3.63, 3.8) is 0 Å². The van der Waals surface area contributed by atoms with Crippen LogP contribution in [0.5, 0.6) is 23.0 Å². The number of ether oxygens (including phenoxy) is 4. The summed E-state index contributed by atoms with van der Waals surface area (Å²) in [7, 11) is 6.36. The van der Waals surface area contributed by atoms with Crippen molar-refractivity contribution in [1.29, 1.82) is 0 Å². The van der Waals surface area contributed by atoms with E-state index in [-0.39, 0.29) is 23.3 Å². The van der Waals surface area contributed by atoms with Gasteiger partial charge in [-0.15, -0.1) is 0 Å². The van der Waals surface area contributed by atoms with Gasteiger partial charge in [0.1, 0.15) is 5.75 Å². The van der Waals surface area contributed by atoms with Crippen LogP contribution < -0.4 is 39.9 Å². The molecule has 1 saturated heterocycles. The van der Waals surface area contributed by atoms with Crippen LogP contribution in [0.1, 0.15) is 43.4 Å². The number of rotatable bonds is 11. The fourth-order valence-corrected chi connectivity index (χ4v) is 6.48. The van der Waals surface area contributed by atoms with Crippen LogP contribution in [0.3, 0.4) is 0 Å². The summed E-state index contributed by atoms with van der Waals surface area (Å²) in [4.78, 5) is 42.9. The van der Waals surface area contributed by atoms with Gasteiger partial charge in [0.25, 0.3) is 0 Å². The van der Waals surface area contributed by atoms with Crippen molar-refractivity contribution in [1.82, 2.24) is 10.2 Å². The predicted molar refractivity (Wildman–Crippen MR) is 182 cm³/mol. The van der Waals surface area contributed by atoms with Gasteiger partial charge in [-0.25, -0.2) is 0 Å². The van der Waals surface area contributed by atoms with Crippen molar-refractivity contribution < 1.29 is 28.5 Å². The number of hydrogen-bond acceptors (Lipinski definition) is 9. The third kappa shape index (κ3) is 7.40. The van der Waals surface area contributed by atoms with E-state index in [1.165, 1.54) is 6.92 Å². The summed E-state index contributed by atoms with van der Waals surface area (Å²) < 4.78 is 22.4. The fraction of sp³-hybridized carbons (Fsp3) is 0.417. The van der Waals surface area contributed by atoms with Gasteiger partial charge < -0.3 is 39.4 Å². The number of anilines is 2. The number of nitrogens with zero attached hydrogens (tertiary/aromatic N) is 2. The smallest absolute Gasteiger partial charge is 0.222 e. The lowest BCUT2D eigenvalue weighted by molar-refractivity contribution is -0.131. The topological polar surface area (TPSA) is 119 Å². The summed E-state index contributed by atoms with van der Waals surface area (Å²) in [6.07, 6.45) is 2.17. The van der Waals surface area contributed by atoms with Crippen LogP contribution in [0.2, 0.25) is 0 Å². The molecule has 0 saturated carbocycles. The molecule has 0 unspecified atom stereocenters. The summed E-state index contributed by atoms with van der Waals surface area (Å²) in [6.45, 7) is 4.81. The second-order valence-corrected chi connectivity index (χ2v) is 11.7. The highest BCUT2D eigenvalue weighted by atomic mass is 16.5. The molecule has 0 aromatic heterocycles. The van der Waals surface area contributed by atoms with Crippen molar-refractivity contribution in [2.75, 3.05) is 71.4 Å². The monoisotopic (exact) mass is 644 g/mol. The molecule has 1 atom stereocenters. The second kappa shape index (κ2) is 15.1. The first kappa shape index (κ1) is 33.4. The number of methoxy groups -OCH3 is 4. The Labute approximate surface area is 275 Å². The van der Waals surface area contributed by atoms with Crippen LogP contribution >= 0.6 is 0 Å². The number of benzene rings is 2. The van der Waals surface area contributed by atoms with Crippen LogP contribution in [0.25, 0.3) is 11.1 Å². The highest BCUT2D eigenvalue weighted by Crippen LogP contribution is 2.50. The lowest BCUT2D eigenvalue weighted by atomic mass is 9.95. The molecule has 2 N–H and O–H groups in total. The molecule has 2 aliphatic rings. The first-order valence-electron chi connectivity index (χ1n) is 16.0. The van der Waals surface area contributed by atoms with Crippen molar-refractivity contribution in [2.45, 2.75) is 38.6 Å². The largest absolute Gasteiger partial charge is 0.497 e. The van der Waals surface area contributed by atoms with E-state index >= 15 is 0 Å². The Morgan fingerprint density at radius 1 is 0.872 bits per heavy atom. The van der Waals surface area contributed by atoms with Crippen molar-refractivity contribution in [3.05, 3.63) is 69.9 Å². The molecule has 3 aromatic carbocycles. The predicted octanol–water partition coefficient (Wildman–Crippen LogP) is 4.41. The highest BCUT2D eigenvalue weighted by Gasteiger charge is 2.29. The van der Waals surface area contributed by atoms with Gasteiger partial charge in [0, 0.05) is 57.3 Å². The Balaban J connectivity index is 1.29. The number of carbonyl (C=O) groups excluding carboxylic acids is 2. The number of amides is 2. The minimum Gasteiger partial charge on any atom is -0.497 e. The van der Waals surface area contributed by atoms with Gasteiger partial charge in [0.05, 0.1) is 40.2 Å². The van der Waals surface area contributed by atoms with Gasteiger partial charge in [-0.3, -0.25) is 14.4 Å². The highest BCUT2D eigenvalue weighted by molar-refractivity contribution is 5.84. The van der Waals surface area contributed by atoms with Crippen molar-refractivity contribution >= 4 is 23.2 Å². The molecule has 1 heterocycles. The van der Waals surface area contributed by atoms with Gasteiger partial charge in [-0.05, 0) is 78.4 Å². The second-order valence-electron chi connectivity index (χ2n) is 11.7. The van der Waals surface area contributed by atoms with Gasteiger partial charge in [-0.1, -0.05) is 6.07 Å². The standard InChI is InChI=1S/C36H44N4O7/c1-23(41)38-29-14-8-24-21-32(45-3)35(46-4)36(47-5)34(24)27-13-15-30(31(42)22-28(27)29)37-16-6-7-33(43)40-19-17-39(18-20-40)25-9-11-26(44-2)12-10-25/h9-13,15,21-22,29H,6-8,14,16-20H2,1-5H3,(H,37,42)(H,38,41)/t29-/m0/s1. The summed E-state index contributed by atoms with van der Waals surface area (Å²) in [5.41, 5.74) is 4.56. The van der Waals surface area contributed by atoms with E-state index in [0.29, 0.717) is 73.8 Å². The number of nitrogens with one attached hydrogen (secondary N) is 2. The quantitative estimate of drug-likeness (QED) is 0.293. The summed E-state index contributed by atoms with van der Waals surface area (Å²) in [5, 5.41) is 6.28. The van der Waals surface area contributed by atoms with Crippen LogP contribution in [0.4, 0.5) is 11.4 Å². The lowest BCUT2D eigenvalue weighted by Gasteiger charge is -2.36. The van der Waals surface area contributed by atoms with Gasteiger partial charge in [0.15, 0.2) is 11.5 Å². The Hall–Kier alpha value is -4.93. The van der Waals surface area contributed by atoms with E-state index in [2.05, 4.69) is 15.5 Å². The molecular weight excluding hydrogens is 600 g/mol. The van der Waals surface area contributed by atoms with Gasteiger partial charge >= 0.3 is 0 Å². The first-order valence-corrected chi connectivity index (χ1v) is 16.0. The van der Waals surface area contributed by atoms with Gasteiger partial charge in [0.2, 0.25) is 23.0 Å². The van der Waals surface area contributed by atoms with E-state index in [4.69, 9.17) is 18.9 Å². The van der Waals surface area contributed by atoms with Crippen molar-refractivity contribution in [3.8, 4) is 34.1 Å². The number of carbonyl (C=O) groups is 2. The van der Waals surface area contributed by atoms with Crippen LogP contribution in [-0.4, -0.2) is 77.9 Å². The molecule has 0 bridgehead atoms. The molecule has 1 aliphatic heterocycles. The van der Waals surface area contributed by atoms with Crippen molar-refractivity contribution in [2.24, 2.45) is 0 Å². The Bertz CT molecular complexity index is 1650. The van der Waals surface area contributed by atoms with Gasteiger partial charge in [-0.2, -0.15) is 0 Å². The molecule has 0 spiro atoms. The maximum atomic E-state index is 13.5. The molecule has 11 nitrogen and oxygen atoms in total. The Morgan fingerprint density at radius 2 is 1.60 bits per heavy atom. The molecule has 250 valence electrons. The normalized spacial score (nSPS) is 15.5. The van der Waals surface area contributed by atoms with E-state index in [0.717, 1.165) is 41.2 Å². The Morgan fingerprint density at radius 3 is 2.23 bits per heavy atom. The molecule has 1 fully saturated rings. The minimum absolute atomic E-state index is 0.111. The summed E-state index contributed by atoms with van der Waals surface area (Å²) in [6, 6.07) is 14.8. The SMILES string of the molecule is COc1ccc(N2CCN(C(=O)CCCNc3ccc4c(cc3=O)[C@@H](NC(C)=O)CCc3cc(OC)c(OC)c(OC)c3-4)CC2)cc1. The molecular formula is C36H44N4O7. The van der Waals surface area contributed by atoms with Crippen LogP contribution in [-0.2, 0) is 16.0 Å². The zero-order chi connectivity index (χ0) is 33.5. The van der Waals surface area contributed by atoms with E-state index in [1.54, 1.807) is 40.6 Å². The summed E-state index contributed by atoms with van der Waals surface area (Å²) in [5.74, 6) is 2.25. The molecule has 11 heteroatoms. The molecule has 3 aromatic rings. The third-order valence-electron chi connectivity index (χ3n) is 8.87. The van der Waals surface area contributed by atoms with Crippen LogP contribution in [0.15, 0.2) is 53.3 Å². The lowest BCUT2D eigenvalue weighted by Crippen LogP contribution is -2.48. The molecule has 47 heavy (non-hydrogen) atoms. The van der Waals surface area contributed by atoms with E-state index in [1.807, 2.05) is 41.3 Å². The molecule has 1 aliphatic carbocycles. The number of aryl methyl sites for hydroxylation is 1. The first-order chi connectivity index (χ1) is 22.8. The average molecular weight is 645 g/mol. The zero-order valence-electron chi connectivity index (χ0n) is 27.8. The Kier molecular flexibility index (Phi) is 10.7. The van der Waals surface area contributed by atoms with E-state index < -0.39 is 0 Å². The fourth-order valence-electron chi connectivity index (χ4n) is 6.48. The number of fused-ring (bicyclic) bond motifs is 3. The average Bonchev–Trinajstić information content (AvgIpc) is 3.33. The number of piperazine rings is 1. The van der Waals surface area contributed by atoms with Crippen LogP contribution in [0, 0.1) is 0 Å². The molecule has 5 rings (SSSR count). The zero-order valence-corrected chi connectivity index (χ0v) is 27.8. The maximum absolute atomic E-state index is 13.5. The third-order valence-corrected chi connectivity index (χ3v) is 8.87. The minimum atomic E-state index is -0.382. The van der Waals surface area contributed by atoms with E-state index in [9.17, 15) is 14.4 Å². The summed E-state index contributed by atoms with van der Waals surface area (Å²) >= 11 is 0. The number of hydrogen-bond donors (Lipinski definition) is 2. The molecule has 0 radical (unpaired) electrons.